The molecule has 82 valence electrons. The Morgan fingerprint density at radius 1 is 1.38 bits per heavy atom. The van der Waals surface area contributed by atoms with Crippen LogP contribution in [0.3, 0.4) is 0 Å². The number of aromatic nitrogens is 4. The van der Waals surface area contributed by atoms with Crippen LogP contribution in [0, 0.1) is 6.92 Å². The number of aromatic carboxylic acids is 1. The summed E-state index contributed by atoms with van der Waals surface area (Å²) in [4.78, 5) is 23.0. The van der Waals surface area contributed by atoms with Gasteiger partial charge in [0.1, 0.15) is 17.3 Å². The number of carboxylic acid groups (broad SMARTS) is 1. The van der Waals surface area contributed by atoms with Crippen molar-refractivity contribution in [1.82, 2.24) is 19.5 Å². The van der Waals surface area contributed by atoms with Crippen molar-refractivity contribution in [2.75, 3.05) is 0 Å². The van der Waals surface area contributed by atoms with E-state index in [0.29, 0.717) is 18.2 Å². The summed E-state index contributed by atoms with van der Waals surface area (Å²) in [6.07, 6.45) is 4.57. The zero-order valence-corrected chi connectivity index (χ0v) is 8.66. The highest BCUT2D eigenvalue weighted by molar-refractivity contribution is 5.85. The van der Waals surface area contributed by atoms with Crippen LogP contribution in [0.4, 0.5) is 0 Å². The largest absolute Gasteiger partial charge is 0.477 e. The normalized spacial score (nSPS) is 10.3. The molecule has 2 rings (SSSR count). The van der Waals surface area contributed by atoms with Crippen LogP contribution in [0.1, 0.15) is 22.1 Å². The molecule has 0 saturated heterocycles. The van der Waals surface area contributed by atoms with Gasteiger partial charge in [0.2, 0.25) is 0 Å². The van der Waals surface area contributed by atoms with Gasteiger partial charge in [0.15, 0.2) is 0 Å². The van der Waals surface area contributed by atoms with Crippen molar-refractivity contribution in [1.29, 1.82) is 0 Å². The lowest BCUT2D eigenvalue weighted by molar-refractivity contribution is 0.0685. The maximum Gasteiger partial charge on any atom is 0.354 e. The van der Waals surface area contributed by atoms with Gasteiger partial charge in [-0.3, -0.25) is 0 Å². The highest BCUT2D eigenvalue weighted by atomic mass is 16.4. The number of hydrogen-bond acceptors (Lipinski definition) is 4. The minimum Gasteiger partial charge on any atom is -0.477 e. The molecule has 0 aliphatic rings. The van der Waals surface area contributed by atoms with E-state index in [-0.39, 0.29) is 5.69 Å². The summed E-state index contributed by atoms with van der Waals surface area (Å²) >= 11 is 0. The van der Waals surface area contributed by atoms with E-state index in [4.69, 9.17) is 5.11 Å². The molecule has 0 bridgehead atoms. The summed E-state index contributed by atoms with van der Waals surface area (Å²) < 4.78 is 1.57. The molecule has 2 aromatic heterocycles. The Kier molecular flexibility index (Phi) is 2.63. The molecule has 0 fully saturated rings. The fraction of sp³-hybridized carbons (Fsp3) is 0.200. The van der Waals surface area contributed by atoms with Crippen LogP contribution >= 0.6 is 0 Å². The van der Waals surface area contributed by atoms with Gasteiger partial charge in [-0.1, -0.05) is 0 Å². The second-order valence-electron chi connectivity index (χ2n) is 3.25. The lowest BCUT2D eigenvalue weighted by atomic mass is 10.4. The van der Waals surface area contributed by atoms with Crippen molar-refractivity contribution in [3.05, 3.63) is 42.0 Å². The lowest BCUT2D eigenvalue weighted by Gasteiger charge is -2.05. The number of imidazole rings is 1. The zero-order valence-electron chi connectivity index (χ0n) is 8.66. The average molecular weight is 218 g/mol. The van der Waals surface area contributed by atoms with Crippen LogP contribution in [0.15, 0.2) is 24.7 Å². The Bertz CT molecular complexity index is 507. The van der Waals surface area contributed by atoms with Crippen LogP contribution in [0.25, 0.3) is 0 Å². The molecule has 0 amide bonds. The van der Waals surface area contributed by atoms with Gasteiger partial charge in [-0.05, 0) is 13.0 Å². The third kappa shape index (κ3) is 1.90. The average Bonchev–Trinajstić information content (AvgIpc) is 2.62. The zero-order chi connectivity index (χ0) is 11.5. The number of rotatable bonds is 3. The topological polar surface area (TPSA) is 80.9 Å². The predicted octanol–water partition coefficient (Wildman–Crippen LogP) is 0.728. The molecule has 0 aliphatic carbocycles. The highest BCUT2D eigenvalue weighted by Gasteiger charge is 2.13. The Morgan fingerprint density at radius 2 is 2.06 bits per heavy atom. The van der Waals surface area contributed by atoms with Gasteiger partial charge in [0, 0.05) is 12.4 Å². The molecule has 1 N–H and O–H groups in total. The smallest absolute Gasteiger partial charge is 0.354 e. The monoisotopic (exact) mass is 218 g/mol. The van der Waals surface area contributed by atoms with Crippen LogP contribution in [0.5, 0.6) is 0 Å². The molecular weight excluding hydrogens is 208 g/mol. The molecule has 0 atom stereocenters. The third-order valence-corrected chi connectivity index (χ3v) is 2.19. The Labute approximate surface area is 91.6 Å². The third-order valence-electron chi connectivity index (χ3n) is 2.19. The van der Waals surface area contributed by atoms with E-state index in [1.807, 2.05) is 0 Å². The van der Waals surface area contributed by atoms with E-state index in [1.54, 1.807) is 30.0 Å². The van der Waals surface area contributed by atoms with E-state index in [1.165, 1.54) is 6.20 Å². The number of carboxylic acids is 1. The summed E-state index contributed by atoms with van der Waals surface area (Å²) in [5, 5.41) is 8.96. The van der Waals surface area contributed by atoms with Gasteiger partial charge in [-0.2, -0.15) is 0 Å². The molecule has 0 spiro atoms. The van der Waals surface area contributed by atoms with E-state index in [9.17, 15) is 4.79 Å². The lowest BCUT2D eigenvalue weighted by Crippen LogP contribution is -2.12. The summed E-state index contributed by atoms with van der Waals surface area (Å²) in [6.45, 7) is 2.06. The summed E-state index contributed by atoms with van der Waals surface area (Å²) in [5.41, 5.74) is 0.143. The van der Waals surface area contributed by atoms with Gasteiger partial charge in [-0.15, -0.1) is 0 Å². The van der Waals surface area contributed by atoms with Crippen molar-refractivity contribution in [3.63, 3.8) is 0 Å². The molecule has 2 heterocycles. The van der Waals surface area contributed by atoms with Gasteiger partial charge in [0.05, 0.1) is 12.7 Å². The summed E-state index contributed by atoms with van der Waals surface area (Å²) in [5.74, 6) is 0.187. The standard InChI is InChI=1S/C10H10N4O2/c1-7-13-5-8(10(15)16)14(7)6-9-11-3-2-4-12-9/h2-5H,6H2,1H3,(H,15,16). The molecule has 0 aromatic carbocycles. The SMILES string of the molecule is Cc1ncc(C(=O)O)n1Cc1ncccn1. The van der Waals surface area contributed by atoms with E-state index in [0.717, 1.165) is 0 Å². The Hall–Kier alpha value is -2.24. The van der Waals surface area contributed by atoms with Gasteiger partial charge < -0.3 is 9.67 Å². The second-order valence-corrected chi connectivity index (χ2v) is 3.25. The van der Waals surface area contributed by atoms with Gasteiger partial charge >= 0.3 is 5.97 Å². The maximum atomic E-state index is 10.9. The number of nitrogens with zero attached hydrogens (tertiary/aromatic N) is 4. The molecule has 0 radical (unpaired) electrons. The fourth-order valence-corrected chi connectivity index (χ4v) is 1.39. The van der Waals surface area contributed by atoms with Gasteiger partial charge in [0.25, 0.3) is 0 Å². The van der Waals surface area contributed by atoms with Crippen molar-refractivity contribution >= 4 is 5.97 Å². The van der Waals surface area contributed by atoms with Crippen LogP contribution in [0.2, 0.25) is 0 Å². The predicted molar refractivity (Wildman–Crippen MR) is 55.1 cm³/mol. The molecule has 16 heavy (non-hydrogen) atoms. The van der Waals surface area contributed by atoms with Crippen LogP contribution < -0.4 is 0 Å². The molecule has 6 heteroatoms. The van der Waals surface area contributed by atoms with Crippen molar-refractivity contribution < 1.29 is 9.90 Å². The summed E-state index contributed by atoms with van der Waals surface area (Å²) in [7, 11) is 0. The quantitative estimate of drug-likeness (QED) is 0.821. The first-order chi connectivity index (χ1) is 7.68. The second kappa shape index (κ2) is 4.09. The van der Waals surface area contributed by atoms with Gasteiger partial charge in [-0.25, -0.2) is 19.7 Å². The van der Waals surface area contributed by atoms with E-state index >= 15 is 0 Å². The van der Waals surface area contributed by atoms with Crippen LogP contribution in [-0.2, 0) is 6.54 Å². The minimum absolute atomic E-state index is 0.143. The molecular formula is C10H10N4O2. The number of carbonyl (C=O) groups is 1. The first-order valence-corrected chi connectivity index (χ1v) is 4.70. The molecule has 0 saturated carbocycles. The Morgan fingerprint density at radius 3 is 2.69 bits per heavy atom. The van der Waals surface area contributed by atoms with E-state index < -0.39 is 5.97 Å². The van der Waals surface area contributed by atoms with Crippen molar-refractivity contribution in [2.45, 2.75) is 13.5 Å². The van der Waals surface area contributed by atoms with Crippen molar-refractivity contribution in [3.8, 4) is 0 Å². The minimum atomic E-state index is -1.00. The fourth-order valence-electron chi connectivity index (χ4n) is 1.39. The Balaban J connectivity index is 2.34. The van der Waals surface area contributed by atoms with E-state index in [2.05, 4.69) is 15.0 Å². The molecule has 0 unspecified atom stereocenters. The molecule has 0 aliphatic heterocycles. The first kappa shape index (κ1) is 10.3. The highest BCUT2D eigenvalue weighted by Crippen LogP contribution is 2.06. The molecule has 2 aromatic rings. The van der Waals surface area contributed by atoms with Crippen molar-refractivity contribution in [2.24, 2.45) is 0 Å². The number of aryl methyl sites for hydroxylation is 1. The first-order valence-electron chi connectivity index (χ1n) is 4.70. The maximum absolute atomic E-state index is 10.9. The number of hydrogen-bond donors (Lipinski definition) is 1. The van der Waals surface area contributed by atoms with Crippen LogP contribution in [-0.4, -0.2) is 30.6 Å². The summed E-state index contributed by atoms with van der Waals surface area (Å²) in [6, 6.07) is 1.71. The molecule has 6 nitrogen and oxygen atoms in total.